The molecular formula is C14H15ClN2O2. The van der Waals surface area contributed by atoms with Gasteiger partial charge in [0.1, 0.15) is 23.3 Å². The summed E-state index contributed by atoms with van der Waals surface area (Å²) in [6.45, 7) is 4.03. The highest BCUT2D eigenvalue weighted by Crippen LogP contribution is 2.23. The predicted molar refractivity (Wildman–Crippen MR) is 73.8 cm³/mol. The topological polar surface area (TPSA) is 44.2 Å². The van der Waals surface area contributed by atoms with E-state index in [1.54, 1.807) is 14.0 Å². The predicted octanol–water partition coefficient (Wildman–Crippen LogP) is 3.33. The minimum Gasteiger partial charge on any atom is -0.497 e. The summed E-state index contributed by atoms with van der Waals surface area (Å²) in [7, 11) is 1.64. The number of ether oxygens (including phenoxy) is 2. The van der Waals surface area contributed by atoms with Crippen LogP contribution in [0.15, 0.2) is 24.3 Å². The second kappa shape index (κ2) is 5.89. The van der Waals surface area contributed by atoms with Gasteiger partial charge in [0.25, 0.3) is 0 Å². The Balaban J connectivity index is 2.14. The molecule has 1 aromatic heterocycles. The molecule has 0 amide bonds. The second-order valence-corrected chi connectivity index (χ2v) is 4.49. The van der Waals surface area contributed by atoms with E-state index < -0.39 is 0 Å². The van der Waals surface area contributed by atoms with Crippen LogP contribution in [0.4, 0.5) is 0 Å². The largest absolute Gasteiger partial charge is 0.497 e. The average Bonchev–Trinajstić information content (AvgIpc) is 2.41. The average molecular weight is 279 g/mol. The number of hydrogen-bond acceptors (Lipinski definition) is 4. The number of hydrogen-bond donors (Lipinski definition) is 0. The summed E-state index contributed by atoms with van der Waals surface area (Å²) in [5.41, 5.74) is 1.75. The molecular weight excluding hydrogens is 264 g/mol. The fraction of sp³-hybridized carbons (Fsp3) is 0.286. The molecule has 0 saturated heterocycles. The molecule has 0 atom stereocenters. The van der Waals surface area contributed by atoms with Gasteiger partial charge in [-0.2, -0.15) is 4.98 Å². The maximum atomic E-state index is 6.00. The number of methoxy groups -OCH3 is 1. The standard InChI is InChI=1S/C14H15ClN2O2/c1-9-13(15)16-10(2)17-14(9)19-8-11-5-4-6-12(7-11)18-3/h4-7H,8H2,1-3H3. The van der Waals surface area contributed by atoms with Crippen molar-refractivity contribution in [3.63, 3.8) is 0 Å². The van der Waals surface area contributed by atoms with Gasteiger partial charge in [-0.3, -0.25) is 0 Å². The highest BCUT2D eigenvalue weighted by atomic mass is 35.5. The molecule has 0 aliphatic heterocycles. The summed E-state index contributed by atoms with van der Waals surface area (Å²) in [4.78, 5) is 8.31. The van der Waals surface area contributed by atoms with Crippen molar-refractivity contribution in [3.8, 4) is 11.6 Å². The molecule has 0 unspecified atom stereocenters. The molecule has 4 nitrogen and oxygen atoms in total. The molecule has 0 bridgehead atoms. The van der Waals surface area contributed by atoms with Crippen LogP contribution in [0.1, 0.15) is 17.0 Å². The number of benzene rings is 1. The lowest BCUT2D eigenvalue weighted by atomic mass is 10.2. The van der Waals surface area contributed by atoms with Gasteiger partial charge in [-0.05, 0) is 31.5 Å². The SMILES string of the molecule is COc1cccc(COc2nc(C)nc(Cl)c2C)c1. The van der Waals surface area contributed by atoms with Gasteiger partial charge in [-0.15, -0.1) is 0 Å². The highest BCUT2D eigenvalue weighted by molar-refractivity contribution is 6.30. The summed E-state index contributed by atoms with van der Waals surface area (Å²) in [5.74, 6) is 1.91. The van der Waals surface area contributed by atoms with Crippen LogP contribution in [-0.4, -0.2) is 17.1 Å². The quantitative estimate of drug-likeness (QED) is 0.805. The van der Waals surface area contributed by atoms with Gasteiger partial charge in [-0.25, -0.2) is 4.98 Å². The summed E-state index contributed by atoms with van der Waals surface area (Å²) in [6, 6.07) is 7.70. The zero-order chi connectivity index (χ0) is 13.8. The third-order valence-electron chi connectivity index (χ3n) is 2.66. The molecule has 2 rings (SSSR count). The number of nitrogens with zero attached hydrogens (tertiary/aromatic N) is 2. The second-order valence-electron chi connectivity index (χ2n) is 4.13. The van der Waals surface area contributed by atoms with Crippen molar-refractivity contribution in [3.05, 3.63) is 46.4 Å². The van der Waals surface area contributed by atoms with E-state index in [-0.39, 0.29) is 0 Å². The van der Waals surface area contributed by atoms with Gasteiger partial charge in [0.2, 0.25) is 5.88 Å². The van der Waals surface area contributed by atoms with Crippen LogP contribution in [0, 0.1) is 13.8 Å². The van der Waals surface area contributed by atoms with Crippen LogP contribution >= 0.6 is 11.6 Å². The molecule has 19 heavy (non-hydrogen) atoms. The molecule has 0 spiro atoms. The van der Waals surface area contributed by atoms with Gasteiger partial charge in [-0.1, -0.05) is 23.7 Å². The van der Waals surface area contributed by atoms with Crippen molar-refractivity contribution >= 4 is 11.6 Å². The smallest absolute Gasteiger partial charge is 0.221 e. The molecule has 2 aromatic rings. The van der Waals surface area contributed by atoms with Crippen molar-refractivity contribution in [2.24, 2.45) is 0 Å². The normalized spacial score (nSPS) is 10.3. The fourth-order valence-electron chi connectivity index (χ4n) is 1.62. The Labute approximate surface area is 117 Å². The van der Waals surface area contributed by atoms with E-state index in [1.807, 2.05) is 31.2 Å². The zero-order valence-corrected chi connectivity index (χ0v) is 11.9. The molecule has 5 heteroatoms. The van der Waals surface area contributed by atoms with E-state index in [1.165, 1.54) is 0 Å². The number of aromatic nitrogens is 2. The van der Waals surface area contributed by atoms with Gasteiger partial charge in [0.05, 0.1) is 7.11 Å². The lowest BCUT2D eigenvalue weighted by Crippen LogP contribution is -2.02. The van der Waals surface area contributed by atoms with Gasteiger partial charge < -0.3 is 9.47 Å². The fourth-order valence-corrected chi connectivity index (χ4v) is 1.83. The highest BCUT2D eigenvalue weighted by Gasteiger charge is 2.08. The van der Waals surface area contributed by atoms with Crippen LogP contribution in [0.2, 0.25) is 5.15 Å². The maximum absolute atomic E-state index is 6.00. The maximum Gasteiger partial charge on any atom is 0.221 e. The minimum absolute atomic E-state index is 0.408. The van der Waals surface area contributed by atoms with Crippen LogP contribution in [0.5, 0.6) is 11.6 Å². The summed E-state index contributed by atoms with van der Waals surface area (Å²) < 4.78 is 10.9. The Hall–Kier alpha value is -1.81. The van der Waals surface area contributed by atoms with Crippen LogP contribution in [-0.2, 0) is 6.61 Å². The lowest BCUT2D eigenvalue weighted by Gasteiger charge is -2.10. The van der Waals surface area contributed by atoms with Gasteiger partial charge in [0.15, 0.2) is 0 Å². The molecule has 1 aromatic carbocycles. The van der Waals surface area contributed by atoms with E-state index >= 15 is 0 Å². The van der Waals surface area contributed by atoms with Crippen LogP contribution in [0.3, 0.4) is 0 Å². The first-order valence-corrected chi connectivity index (χ1v) is 6.24. The molecule has 0 fully saturated rings. The van der Waals surface area contributed by atoms with Crippen LogP contribution < -0.4 is 9.47 Å². The molecule has 0 radical (unpaired) electrons. The number of rotatable bonds is 4. The minimum atomic E-state index is 0.408. The first-order valence-electron chi connectivity index (χ1n) is 5.86. The van der Waals surface area contributed by atoms with Crippen molar-refractivity contribution in [2.75, 3.05) is 7.11 Å². The van der Waals surface area contributed by atoms with Crippen molar-refractivity contribution in [2.45, 2.75) is 20.5 Å². The molecule has 0 saturated carbocycles. The Bertz CT molecular complexity index is 588. The van der Waals surface area contributed by atoms with E-state index in [0.29, 0.717) is 23.5 Å². The van der Waals surface area contributed by atoms with Crippen LogP contribution in [0.25, 0.3) is 0 Å². The van der Waals surface area contributed by atoms with Gasteiger partial charge >= 0.3 is 0 Å². The summed E-state index contributed by atoms with van der Waals surface area (Å²) >= 11 is 6.00. The van der Waals surface area contributed by atoms with E-state index in [2.05, 4.69) is 9.97 Å². The van der Waals surface area contributed by atoms with E-state index in [4.69, 9.17) is 21.1 Å². The van der Waals surface area contributed by atoms with Crippen molar-refractivity contribution in [1.82, 2.24) is 9.97 Å². The van der Waals surface area contributed by atoms with Crippen molar-refractivity contribution in [1.29, 1.82) is 0 Å². The molecule has 0 N–H and O–H groups in total. The third kappa shape index (κ3) is 3.35. The lowest BCUT2D eigenvalue weighted by molar-refractivity contribution is 0.289. The van der Waals surface area contributed by atoms with Gasteiger partial charge in [0, 0.05) is 5.56 Å². The first kappa shape index (κ1) is 13.6. The molecule has 0 aliphatic carbocycles. The molecule has 0 aliphatic rings. The summed E-state index contributed by atoms with van der Waals surface area (Å²) in [6.07, 6.45) is 0. The van der Waals surface area contributed by atoms with E-state index in [9.17, 15) is 0 Å². The first-order chi connectivity index (χ1) is 9.10. The molecule has 1 heterocycles. The Morgan fingerprint density at radius 1 is 1.21 bits per heavy atom. The third-order valence-corrected chi connectivity index (χ3v) is 3.03. The Morgan fingerprint density at radius 3 is 2.74 bits per heavy atom. The Morgan fingerprint density at radius 2 is 2.00 bits per heavy atom. The monoisotopic (exact) mass is 278 g/mol. The number of halogens is 1. The molecule has 100 valence electrons. The van der Waals surface area contributed by atoms with E-state index in [0.717, 1.165) is 16.9 Å². The number of aryl methyl sites for hydroxylation is 1. The van der Waals surface area contributed by atoms with Crippen molar-refractivity contribution < 1.29 is 9.47 Å². The Kier molecular flexibility index (Phi) is 4.22. The summed E-state index contributed by atoms with van der Waals surface area (Å²) in [5, 5.41) is 0.424. The zero-order valence-electron chi connectivity index (χ0n) is 11.1.